The van der Waals surface area contributed by atoms with Crippen LogP contribution in [-0.2, 0) is 27.3 Å². The fraction of sp³-hybridized carbons (Fsp3) is 0.552. The van der Waals surface area contributed by atoms with E-state index in [2.05, 4.69) is 18.7 Å². The first-order chi connectivity index (χ1) is 18.7. The van der Waals surface area contributed by atoms with Gasteiger partial charge in [0.15, 0.2) is 11.4 Å². The molecule has 2 saturated carbocycles. The van der Waals surface area contributed by atoms with Crippen LogP contribution in [0.4, 0.5) is 0 Å². The number of benzene rings is 1. The number of amides is 1. The van der Waals surface area contributed by atoms with E-state index in [4.69, 9.17) is 17.3 Å². The van der Waals surface area contributed by atoms with Gasteiger partial charge in [0.05, 0.1) is 11.6 Å². The molecule has 13 heteroatoms. The van der Waals surface area contributed by atoms with Gasteiger partial charge >= 0.3 is 0 Å². The highest BCUT2D eigenvalue weighted by molar-refractivity contribution is 6.32. The number of hydrogen-bond donors (Lipinski definition) is 5. The number of Topliss-reactive ketones (excluding diaryl/α,β-unsaturated/α-hetero) is 2. The average molecular weight is 647 g/mol. The highest BCUT2D eigenvalue weighted by Gasteiger charge is 2.64. The smallest absolute Gasteiger partial charge is 0.255 e. The molecule has 2 fully saturated rings. The summed E-state index contributed by atoms with van der Waals surface area (Å²) in [5.74, 6) is -6.13. The van der Waals surface area contributed by atoms with E-state index in [-0.39, 0.29) is 60.6 Å². The number of aliphatic hydroxyl groups is 3. The lowest BCUT2D eigenvalue weighted by atomic mass is 9.57. The predicted octanol–water partition coefficient (Wildman–Crippen LogP) is 3.08. The maximum Gasteiger partial charge on any atom is 0.255 e. The minimum atomic E-state index is -2.66. The van der Waals surface area contributed by atoms with E-state index in [0.717, 1.165) is 6.54 Å². The maximum atomic E-state index is 13.9. The van der Waals surface area contributed by atoms with Crippen molar-refractivity contribution in [1.29, 1.82) is 0 Å². The molecule has 0 radical (unpaired) electrons. The normalized spacial score (nSPS) is 27.0. The molecule has 0 heterocycles. The summed E-state index contributed by atoms with van der Waals surface area (Å²) >= 11 is 6.91. The Morgan fingerprint density at radius 1 is 1.17 bits per heavy atom. The van der Waals surface area contributed by atoms with E-state index < -0.39 is 58.0 Å². The number of phenols is 1. The molecule has 42 heavy (non-hydrogen) atoms. The van der Waals surface area contributed by atoms with Gasteiger partial charge in [0, 0.05) is 35.6 Å². The van der Waals surface area contributed by atoms with Gasteiger partial charge in [-0.05, 0) is 82.7 Å². The average Bonchev–Trinajstić information content (AvgIpc) is 3.67. The zero-order chi connectivity index (χ0) is 29.4. The van der Waals surface area contributed by atoms with Crippen LogP contribution in [0.1, 0.15) is 49.8 Å². The second-order valence-electron chi connectivity index (χ2n) is 12.2. The number of carbonyl (C=O) groups excluding carboxylic acids is 3. The molecular formula is C29H38Cl3N3O7. The van der Waals surface area contributed by atoms with Gasteiger partial charge in [0.2, 0.25) is 5.78 Å². The van der Waals surface area contributed by atoms with Crippen molar-refractivity contribution in [3.05, 3.63) is 44.7 Å². The third-order valence-electron chi connectivity index (χ3n) is 9.02. The molecule has 4 atom stereocenters. The van der Waals surface area contributed by atoms with Crippen molar-refractivity contribution in [3.8, 4) is 5.75 Å². The van der Waals surface area contributed by atoms with Crippen LogP contribution in [-0.4, -0.2) is 86.0 Å². The molecule has 232 valence electrons. The number of rotatable bonds is 7. The highest BCUT2D eigenvalue weighted by atomic mass is 35.5. The standard InChI is InChI=1S/C29H36ClN3O7.2ClH/c1-12(2)33(10-13-5-6-13)11-15-9-18(34)20-16(22(15)30)7-14-8-17-23(32(3)4)25(36)21(28(31)39)27(38)29(17,40)26(37)19(14)24(20)35;;/h9,12-14,17,23,34-35,38,40H,5-8,10-11H2,1-4H3,(H2,31,39);2*1H/t14-,17-,23-,29-;;/m0../s1. The summed E-state index contributed by atoms with van der Waals surface area (Å²) < 4.78 is 0. The number of nitrogens with zero attached hydrogens (tertiary/aromatic N) is 2. The third-order valence-corrected chi connectivity index (χ3v) is 9.49. The van der Waals surface area contributed by atoms with E-state index in [9.17, 15) is 34.8 Å². The molecule has 5 rings (SSSR count). The number of fused-ring (bicyclic) bond motifs is 3. The number of aromatic hydroxyl groups is 1. The van der Waals surface area contributed by atoms with Gasteiger partial charge in [-0.15, -0.1) is 24.8 Å². The Kier molecular flexibility index (Phi) is 9.74. The lowest BCUT2D eigenvalue weighted by molar-refractivity contribution is -0.153. The predicted molar refractivity (Wildman–Crippen MR) is 162 cm³/mol. The Bertz CT molecular complexity index is 1390. The Balaban J connectivity index is 0.00000242. The van der Waals surface area contributed by atoms with Crippen molar-refractivity contribution < 1.29 is 34.8 Å². The fourth-order valence-electron chi connectivity index (χ4n) is 6.77. The lowest BCUT2D eigenvalue weighted by Crippen LogP contribution is -2.65. The highest BCUT2D eigenvalue weighted by Crippen LogP contribution is 2.53. The molecule has 6 N–H and O–H groups in total. The van der Waals surface area contributed by atoms with Crippen molar-refractivity contribution in [2.24, 2.45) is 23.5 Å². The van der Waals surface area contributed by atoms with E-state index in [1.54, 1.807) is 14.1 Å². The minimum absolute atomic E-state index is 0. The number of hydrogen-bond acceptors (Lipinski definition) is 9. The summed E-state index contributed by atoms with van der Waals surface area (Å²) in [6, 6.07) is 0.617. The number of primary amides is 1. The summed E-state index contributed by atoms with van der Waals surface area (Å²) in [6.45, 7) is 5.63. The fourth-order valence-corrected chi connectivity index (χ4v) is 7.06. The molecule has 0 aliphatic heterocycles. The first-order valence-electron chi connectivity index (χ1n) is 13.6. The monoisotopic (exact) mass is 645 g/mol. The van der Waals surface area contributed by atoms with Crippen LogP contribution >= 0.6 is 36.4 Å². The van der Waals surface area contributed by atoms with E-state index >= 15 is 0 Å². The van der Waals surface area contributed by atoms with Gasteiger partial charge in [-0.1, -0.05) is 11.6 Å². The molecule has 10 nitrogen and oxygen atoms in total. The van der Waals surface area contributed by atoms with Crippen LogP contribution in [0.25, 0.3) is 5.76 Å². The zero-order valence-corrected chi connectivity index (χ0v) is 26.3. The maximum absolute atomic E-state index is 13.9. The van der Waals surface area contributed by atoms with E-state index in [1.807, 2.05) is 0 Å². The van der Waals surface area contributed by atoms with Crippen molar-refractivity contribution in [3.63, 3.8) is 0 Å². The number of aliphatic hydroxyl groups excluding tert-OH is 2. The molecule has 1 aromatic rings. The Hall–Kier alpha value is -2.34. The molecule has 0 spiro atoms. The van der Waals surface area contributed by atoms with E-state index in [1.165, 1.54) is 23.8 Å². The Labute approximate surface area is 262 Å². The number of halogens is 3. The van der Waals surface area contributed by atoms with Crippen LogP contribution in [0.3, 0.4) is 0 Å². The SMILES string of the molecule is CC(C)N(Cc1cc(O)c2c(c1Cl)C[C@H]1C[C@H]3[C@H](N(C)C)C(=O)C(C(N)=O)=C(O)[C@@]3(O)C(=O)C1=C2O)CC1CC1.Cl.Cl. The summed E-state index contributed by atoms with van der Waals surface area (Å²) in [6.07, 6.45) is 2.57. The quantitative estimate of drug-likeness (QED) is 0.280. The summed E-state index contributed by atoms with van der Waals surface area (Å²) in [5, 5.41) is 45.4. The van der Waals surface area contributed by atoms with Crippen LogP contribution in [0.2, 0.25) is 5.02 Å². The number of likely N-dealkylation sites (N-methyl/N-ethyl adjacent to an activating group) is 1. The van der Waals surface area contributed by atoms with Gasteiger partial charge in [0.1, 0.15) is 22.8 Å². The second kappa shape index (κ2) is 12.0. The summed E-state index contributed by atoms with van der Waals surface area (Å²) in [7, 11) is 3.13. The second-order valence-corrected chi connectivity index (χ2v) is 12.5. The lowest BCUT2D eigenvalue weighted by Gasteiger charge is -2.50. The summed E-state index contributed by atoms with van der Waals surface area (Å²) in [5.41, 5.74) is 2.86. The largest absolute Gasteiger partial charge is 0.508 e. The van der Waals surface area contributed by atoms with Crippen LogP contribution in [0.15, 0.2) is 23.0 Å². The van der Waals surface area contributed by atoms with Crippen molar-refractivity contribution in [2.75, 3.05) is 20.6 Å². The first-order valence-corrected chi connectivity index (χ1v) is 14.0. The van der Waals surface area contributed by atoms with Crippen molar-refractivity contribution in [2.45, 2.75) is 63.8 Å². The summed E-state index contributed by atoms with van der Waals surface area (Å²) in [4.78, 5) is 43.0. The van der Waals surface area contributed by atoms with Gasteiger partial charge in [0.25, 0.3) is 5.91 Å². The molecule has 1 aromatic carbocycles. The van der Waals surface area contributed by atoms with Crippen molar-refractivity contribution >= 4 is 59.6 Å². The third kappa shape index (κ3) is 5.20. The zero-order valence-electron chi connectivity index (χ0n) is 23.9. The Morgan fingerprint density at radius 3 is 2.31 bits per heavy atom. The molecule has 4 aliphatic rings. The first kappa shape index (κ1) is 34.2. The van der Waals surface area contributed by atoms with Gasteiger partial charge in [-0.2, -0.15) is 0 Å². The number of ketones is 2. The van der Waals surface area contributed by atoms with Crippen LogP contribution < -0.4 is 5.73 Å². The number of phenolic OH excluding ortho intramolecular Hbond substituents is 1. The number of carbonyl (C=O) groups is 3. The molecule has 1 amide bonds. The van der Waals surface area contributed by atoms with Crippen LogP contribution in [0.5, 0.6) is 5.75 Å². The molecule has 0 bridgehead atoms. The molecular weight excluding hydrogens is 609 g/mol. The van der Waals surface area contributed by atoms with Gasteiger partial charge in [-0.3, -0.25) is 24.2 Å². The van der Waals surface area contributed by atoms with Gasteiger partial charge < -0.3 is 26.2 Å². The molecule has 0 aromatic heterocycles. The number of nitrogens with two attached hydrogens (primary N) is 1. The van der Waals surface area contributed by atoms with E-state index in [0.29, 0.717) is 28.6 Å². The van der Waals surface area contributed by atoms with Crippen molar-refractivity contribution in [1.82, 2.24) is 9.80 Å². The molecule has 0 unspecified atom stereocenters. The molecule has 0 saturated heterocycles. The van der Waals surface area contributed by atoms with Crippen LogP contribution in [0, 0.1) is 17.8 Å². The van der Waals surface area contributed by atoms with Gasteiger partial charge in [-0.25, -0.2) is 0 Å². The Morgan fingerprint density at radius 2 is 1.79 bits per heavy atom. The minimum Gasteiger partial charge on any atom is -0.508 e. The molecule has 4 aliphatic carbocycles. The topological polar surface area (TPSA) is 165 Å².